The second-order valence-corrected chi connectivity index (χ2v) is 9.60. The summed E-state index contributed by atoms with van der Waals surface area (Å²) < 4.78 is 34.0. The van der Waals surface area contributed by atoms with Gasteiger partial charge in [0.1, 0.15) is 5.75 Å². The summed E-state index contributed by atoms with van der Waals surface area (Å²) in [5, 5.41) is 1.12. The lowest BCUT2D eigenvalue weighted by Gasteiger charge is -2.30. The van der Waals surface area contributed by atoms with Gasteiger partial charge in [-0.2, -0.15) is 4.31 Å². The summed E-state index contributed by atoms with van der Waals surface area (Å²) in [4.78, 5) is 5.07. The molecule has 5 nitrogen and oxygen atoms in total. The number of thiazole rings is 1. The maximum absolute atomic E-state index is 12.9. The van der Waals surface area contributed by atoms with Crippen LogP contribution in [0.3, 0.4) is 0 Å². The highest BCUT2D eigenvalue weighted by molar-refractivity contribution is 7.89. The standard InChI is InChI=1S/C20H22N2O3S2/c1-2-25-16-7-9-17(10-8-16)27(23,24)22-13-11-15(12-14-22)20-21-18-5-3-4-6-19(18)26-20/h3-10,15H,2,11-14H2,1H3. The highest BCUT2D eigenvalue weighted by Crippen LogP contribution is 2.35. The molecule has 1 fully saturated rings. The summed E-state index contributed by atoms with van der Waals surface area (Å²) >= 11 is 1.72. The van der Waals surface area contributed by atoms with Gasteiger partial charge in [-0.25, -0.2) is 13.4 Å². The van der Waals surface area contributed by atoms with E-state index in [1.165, 1.54) is 4.70 Å². The summed E-state index contributed by atoms with van der Waals surface area (Å²) in [5.41, 5.74) is 1.03. The van der Waals surface area contributed by atoms with Crippen molar-refractivity contribution in [2.45, 2.75) is 30.6 Å². The van der Waals surface area contributed by atoms with E-state index in [0.717, 1.165) is 23.4 Å². The van der Waals surface area contributed by atoms with E-state index >= 15 is 0 Å². The van der Waals surface area contributed by atoms with Crippen molar-refractivity contribution in [3.63, 3.8) is 0 Å². The minimum atomic E-state index is -3.46. The van der Waals surface area contributed by atoms with Crippen LogP contribution in [0.4, 0.5) is 0 Å². The second kappa shape index (κ2) is 7.58. The topological polar surface area (TPSA) is 59.5 Å². The summed E-state index contributed by atoms with van der Waals surface area (Å²) in [6.45, 7) is 3.51. The Morgan fingerprint density at radius 1 is 1.11 bits per heavy atom. The van der Waals surface area contributed by atoms with E-state index in [1.807, 2.05) is 25.1 Å². The number of sulfonamides is 1. The van der Waals surface area contributed by atoms with Gasteiger partial charge in [-0.05, 0) is 56.2 Å². The SMILES string of the molecule is CCOc1ccc(S(=O)(=O)N2CCC(c3nc4ccccc4s3)CC2)cc1. The first-order valence-electron chi connectivity index (χ1n) is 9.16. The van der Waals surface area contributed by atoms with E-state index in [9.17, 15) is 8.42 Å². The molecule has 1 aliphatic rings. The van der Waals surface area contributed by atoms with E-state index in [1.54, 1.807) is 39.9 Å². The zero-order valence-corrected chi connectivity index (χ0v) is 16.8. The molecule has 2 aromatic carbocycles. The minimum Gasteiger partial charge on any atom is -0.494 e. The van der Waals surface area contributed by atoms with Gasteiger partial charge in [-0.15, -0.1) is 11.3 Å². The lowest BCUT2D eigenvalue weighted by atomic mass is 9.99. The van der Waals surface area contributed by atoms with Crippen LogP contribution in [-0.4, -0.2) is 37.4 Å². The molecule has 0 aliphatic carbocycles. The molecule has 27 heavy (non-hydrogen) atoms. The third-order valence-electron chi connectivity index (χ3n) is 4.89. The first-order chi connectivity index (χ1) is 13.1. The lowest BCUT2D eigenvalue weighted by molar-refractivity contribution is 0.319. The first-order valence-corrected chi connectivity index (χ1v) is 11.4. The van der Waals surface area contributed by atoms with Crippen LogP contribution in [0, 0.1) is 0 Å². The van der Waals surface area contributed by atoms with Crippen molar-refractivity contribution in [2.75, 3.05) is 19.7 Å². The largest absolute Gasteiger partial charge is 0.494 e. The Morgan fingerprint density at radius 2 is 1.81 bits per heavy atom. The van der Waals surface area contributed by atoms with Gasteiger partial charge in [0.25, 0.3) is 0 Å². The average Bonchev–Trinajstić information content (AvgIpc) is 3.13. The fourth-order valence-corrected chi connectivity index (χ4v) is 6.04. The van der Waals surface area contributed by atoms with Crippen LogP contribution in [0.25, 0.3) is 10.2 Å². The summed E-state index contributed by atoms with van der Waals surface area (Å²) in [6.07, 6.45) is 1.60. The molecule has 4 rings (SSSR count). The molecule has 3 aromatic rings. The van der Waals surface area contributed by atoms with Crippen molar-refractivity contribution in [2.24, 2.45) is 0 Å². The number of piperidine rings is 1. The monoisotopic (exact) mass is 402 g/mol. The maximum atomic E-state index is 12.9. The van der Waals surface area contributed by atoms with Gasteiger partial charge in [-0.3, -0.25) is 0 Å². The van der Waals surface area contributed by atoms with E-state index in [0.29, 0.717) is 36.3 Å². The smallest absolute Gasteiger partial charge is 0.243 e. The van der Waals surface area contributed by atoms with Gasteiger partial charge < -0.3 is 4.74 Å². The second-order valence-electron chi connectivity index (χ2n) is 6.60. The van der Waals surface area contributed by atoms with E-state index in [4.69, 9.17) is 9.72 Å². The Kier molecular flexibility index (Phi) is 5.16. The molecule has 0 unspecified atom stereocenters. The zero-order chi connectivity index (χ0) is 18.9. The molecule has 1 aromatic heterocycles. The Labute approximate surface area is 163 Å². The molecular weight excluding hydrogens is 380 g/mol. The van der Waals surface area contributed by atoms with Crippen molar-refractivity contribution < 1.29 is 13.2 Å². The number of para-hydroxylation sites is 1. The van der Waals surface area contributed by atoms with Gasteiger partial charge in [0.15, 0.2) is 0 Å². The highest BCUT2D eigenvalue weighted by atomic mass is 32.2. The molecule has 142 valence electrons. The third kappa shape index (κ3) is 3.72. The molecule has 0 radical (unpaired) electrons. The Bertz CT molecular complexity index is 988. The summed E-state index contributed by atoms with van der Waals surface area (Å²) in [6, 6.07) is 14.8. The van der Waals surface area contributed by atoms with Gasteiger partial charge in [-0.1, -0.05) is 12.1 Å². The Hall–Kier alpha value is -1.96. The molecule has 0 saturated carbocycles. The predicted octanol–water partition coefficient (Wildman–Crippen LogP) is 4.26. The number of nitrogens with zero attached hydrogens (tertiary/aromatic N) is 2. The third-order valence-corrected chi connectivity index (χ3v) is 8.00. The van der Waals surface area contributed by atoms with E-state index in [-0.39, 0.29) is 0 Å². The molecule has 1 saturated heterocycles. The lowest BCUT2D eigenvalue weighted by Crippen LogP contribution is -2.37. The Morgan fingerprint density at radius 3 is 2.48 bits per heavy atom. The highest BCUT2D eigenvalue weighted by Gasteiger charge is 2.31. The number of rotatable bonds is 5. The summed E-state index contributed by atoms with van der Waals surface area (Å²) in [5.74, 6) is 1.01. The fourth-order valence-electron chi connectivity index (χ4n) is 3.43. The van der Waals surface area contributed by atoms with Crippen LogP contribution in [0.1, 0.15) is 30.7 Å². The molecule has 0 N–H and O–H groups in total. The quantitative estimate of drug-likeness (QED) is 0.640. The summed E-state index contributed by atoms with van der Waals surface area (Å²) in [7, 11) is -3.46. The molecular formula is C20H22N2O3S2. The molecule has 2 heterocycles. The van der Waals surface area contributed by atoms with Crippen molar-refractivity contribution in [3.8, 4) is 5.75 Å². The molecule has 1 aliphatic heterocycles. The molecule has 0 spiro atoms. The van der Waals surface area contributed by atoms with Gasteiger partial charge in [0.2, 0.25) is 10.0 Å². The van der Waals surface area contributed by atoms with Crippen molar-refractivity contribution >= 4 is 31.6 Å². The van der Waals surface area contributed by atoms with Crippen LogP contribution in [-0.2, 0) is 10.0 Å². The van der Waals surface area contributed by atoms with E-state index < -0.39 is 10.0 Å². The number of hydrogen-bond acceptors (Lipinski definition) is 5. The predicted molar refractivity (Wildman–Crippen MR) is 108 cm³/mol. The van der Waals surface area contributed by atoms with Crippen LogP contribution in [0.5, 0.6) is 5.75 Å². The van der Waals surface area contributed by atoms with Crippen molar-refractivity contribution in [1.82, 2.24) is 9.29 Å². The minimum absolute atomic E-state index is 0.324. The first kappa shape index (κ1) is 18.4. The van der Waals surface area contributed by atoms with Crippen LogP contribution in [0.2, 0.25) is 0 Å². The fraction of sp³-hybridized carbons (Fsp3) is 0.350. The number of aromatic nitrogens is 1. The normalized spacial score (nSPS) is 16.6. The number of fused-ring (bicyclic) bond motifs is 1. The molecule has 0 amide bonds. The maximum Gasteiger partial charge on any atom is 0.243 e. The van der Waals surface area contributed by atoms with Crippen LogP contribution in [0.15, 0.2) is 53.4 Å². The molecule has 0 bridgehead atoms. The number of benzene rings is 2. The van der Waals surface area contributed by atoms with E-state index in [2.05, 4.69) is 6.07 Å². The van der Waals surface area contributed by atoms with Gasteiger partial charge in [0, 0.05) is 19.0 Å². The van der Waals surface area contributed by atoms with Crippen molar-refractivity contribution in [1.29, 1.82) is 0 Å². The van der Waals surface area contributed by atoms with Gasteiger partial charge in [0.05, 0.1) is 26.7 Å². The van der Waals surface area contributed by atoms with Gasteiger partial charge >= 0.3 is 0 Å². The Balaban J connectivity index is 1.46. The average molecular weight is 403 g/mol. The van der Waals surface area contributed by atoms with Crippen LogP contribution < -0.4 is 4.74 Å². The van der Waals surface area contributed by atoms with Crippen molar-refractivity contribution in [3.05, 3.63) is 53.5 Å². The number of ether oxygens (including phenoxy) is 1. The van der Waals surface area contributed by atoms with Crippen LogP contribution >= 0.6 is 11.3 Å². The molecule has 0 atom stereocenters. The zero-order valence-electron chi connectivity index (χ0n) is 15.2. The molecule has 7 heteroatoms. The number of hydrogen-bond donors (Lipinski definition) is 0.